The van der Waals surface area contributed by atoms with E-state index in [-0.39, 0.29) is 24.6 Å². The molecule has 0 spiro atoms. The molecule has 0 saturated carbocycles. The summed E-state index contributed by atoms with van der Waals surface area (Å²) in [5.74, 6) is 0.770. The van der Waals surface area contributed by atoms with Gasteiger partial charge in [-0.15, -0.1) is 0 Å². The summed E-state index contributed by atoms with van der Waals surface area (Å²) in [6.07, 6.45) is 0.532. The van der Waals surface area contributed by atoms with Gasteiger partial charge in [-0.1, -0.05) is 0 Å². The van der Waals surface area contributed by atoms with Crippen LogP contribution in [0.1, 0.15) is 17.8 Å². The molecule has 0 unspecified atom stereocenters. The topological polar surface area (TPSA) is 92.5 Å². The van der Waals surface area contributed by atoms with Crippen LogP contribution < -0.4 is 0 Å². The Hall–Kier alpha value is -0.770. The number of rotatable bonds is 5. The van der Waals surface area contributed by atoms with Crippen molar-refractivity contribution in [3.63, 3.8) is 0 Å². The molecule has 9 heteroatoms. The number of sulfonamides is 1. The van der Waals surface area contributed by atoms with Crippen molar-refractivity contribution < 1.29 is 17.7 Å². The van der Waals surface area contributed by atoms with E-state index in [1.165, 1.54) is 4.31 Å². The Bertz CT molecular complexity index is 629. The van der Waals surface area contributed by atoms with Gasteiger partial charge in [0.25, 0.3) is 0 Å². The molecular weight excluding hydrogens is 314 g/mol. The van der Waals surface area contributed by atoms with Crippen molar-refractivity contribution in [2.75, 3.05) is 31.2 Å². The fraction of sp³-hybridized carbons (Fsp3) is 0.750. The van der Waals surface area contributed by atoms with E-state index >= 15 is 0 Å². The molecule has 2 rings (SSSR count). The highest BCUT2D eigenvalue weighted by Gasteiger charge is 2.32. The number of nitrogens with zero attached hydrogens (tertiary/aromatic N) is 3. The summed E-state index contributed by atoms with van der Waals surface area (Å²) in [5, 5.41) is 13.2. The predicted molar refractivity (Wildman–Crippen MR) is 80.0 cm³/mol. The maximum absolute atomic E-state index is 12.7. The fourth-order valence-electron chi connectivity index (χ4n) is 2.48. The summed E-state index contributed by atoms with van der Waals surface area (Å²) < 4.78 is 39.9. The number of aliphatic hydroxyl groups excluding tert-OH is 1. The first-order valence-corrected chi connectivity index (χ1v) is 9.80. The van der Waals surface area contributed by atoms with Crippen molar-refractivity contribution >= 4 is 20.8 Å². The number of aromatic nitrogens is 2. The van der Waals surface area contributed by atoms with Crippen LogP contribution in [0.15, 0.2) is 4.90 Å². The molecule has 0 aliphatic carbocycles. The first-order chi connectivity index (χ1) is 9.87. The van der Waals surface area contributed by atoms with Crippen LogP contribution in [0.25, 0.3) is 0 Å². The van der Waals surface area contributed by atoms with Crippen LogP contribution in [0.4, 0.5) is 0 Å². The summed E-state index contributed by atoms with van der Waals surface area (Å²) >= 11 is 0. The highest BCUT2D eigenvalue weighted by molar-refractivity contribution is 7.89. The molecule has 7 nitrogen and oxygen atoms in total. The van der Waals surface area contributed by atoms with Crippen LogP contribution in [0.2, 0.25) is 0 Å². The highest BCUT2D eigenvalue weighted by atomic mass is 32.2. The number of aryl methyl sites for hydroxylation is 2. The van der Waals surface area contributed by atoms with Crippen molar-refractivity contribution in [1.29, 1.82) is 0 Å². The normalized spacial score (nSPS) is 18.2. The van der Waals surface area contributed by atoms with Gasteiger partial charge in [0.2, 0.25) is 10.0 Å². The third-order valence-corrected chi connectivity index (χ3v) is 7.01. The van der Waals surface area contributed by atoms with Gasteiger partial charge in [0.15, 0.2) is 0 Å². The van der Waals surface area contributed by atoms with Crippen LogP contribution in [0.5, 0.6) is 0 Å². The van der Waals surface area contributed by atoms with Gasteiger partial charge in [0.1, 0.15) is 4.90 Å². The number of hydrogen-bond acceptors (Lipinski definition) is 5. The first kappa shape index (κ1) is 16.6. The van der Waals surface area contributed by atoms with Crippen molar-refractivity contribution in [2.24, 2.45) is 0 Å². The van der Waals surface area contributed by atoms with E-state index < -0.39 is 20.8 Å². The van der Waals surface area contributed by atoms with Gasteiger partial charge >= 0.3 is 0 Å². The Labute approximate surface area is 127 Å². The molecule has 0 aromatic carbocycles. The highest BCUT2D eigenvalue weighted by Crippen LogP contribution is 2.24. The maximum atomic E-state index is 12.7. The summed E-state index contributed by atoms with van der Waals surface area (Å²) in [6.45, 7) is 4.51. The van der Waals surface area contributed by atoms with Gasteiger partial charge in [0.05, 0.1) is 11.4 Å². The monoisotopic (exact) mass is 335 g/mol. The summed E-state index contributed by atoms with van der Waals surface area (Å²) in [7, 11) is -4.51. The lowest BCUT2D eigenvalue weighted by atomic mass is 10.4. The van der Waals surface area contributed by atoms with E-state index in [4.69, 9.17) is 5.11 Å². The van der Waals surface area contributed by atoms with Crippen LogP contribution in [0.3, 0.4) is 0 Å². The molecule has 1 saturated heterocycles. The van der Waals surface area contributed by atoms with Gasteiger partial charge in [-0.2, -0.15) is 9.40 Å². The standard InChI is InChI=1S/C12H21N3O4S2/c1-10-12(11(2)15(13-10)4-3-7-16)21(18,19)14-5-8-20(17)9-6-14/h16H,3-9H2,1-2H3. The average molecular weight is 335 g/mol. The predicted octanol–water partition coefficient (Wildman–Crippen LogP) is -0.365. The van der Waals surface area contributed by atoms with Crippen molar-refractivity contribution in [3.8, 4) is 0 Å². The molecule has 1 aliphatic heterocycles. The lowest BCUT2D eigenvalue weighted by Crippen LogP contribution is -2.42. The quantitative estimate of drug-likeness (QED) is 0.793. The van der Waals surface area contributed by atoms with Crippen LogP contribution in [-0.4, -0.2) is 63.0 Å². The van der Waals surface area contributed by atoms with E-state index in [9.17, 15) is 12.6 Å². The molecule has 21 heavy (non-hydrogen) atoms. The molecule has 0 radical (unpaired) electrons. The number of aliphatic hydroxyl groups is 1. The third-order valence-electron chi connectivity index (χ3n) is 3.58. The lowest BCUT2D eigenvalue weighted by Gasteiger charge is -2.25. The molecule has 0 bridgehead atoms. The SMILES string of the molecule is Cc1nn(CCCO)c(C)c1S(=O)(=O)N1CCS(=O)CC1. The van der Waals surface area contributed by atoms with Gasteiger partial charge in [-0.05, 0) is 20.3 Å². The Kier molecular flexibility index (Phi) is 5.18. The summed E-state index contributed by atoms with van der Waals surface area (Å²) in [6, 6.07) is 0. The van der Waals surface area contributed by atoms with E-state index in [1.807, 2.05) is 0 Å². The van der Waals surface area contributed by atoms with Gasteiger partial charge in [0, 0.05) is 48.5 Å². The van der Waals surface area contributed by atoms with Crippen LogP contribution in [0, 0.1) is 13.8 Å². The second-order valence-corrected chi connectivity index (χ2v) is 8.62. The van der Waals surface area contributed by atoms with Gasteiger partial charge in [-0.25, -0.2) is 8.42 Å². The molecule has 2 heterocycles. The molecular formula is C12H21N3O4S2. The average Bonchev–Trinajstić information content (AvgIpc) is 2.72. The zero-order chi connectivity index (χ0) is 15.6. The Morgan fingerprint density at radius 3 is 2.48 bits per heavy atom. The first-order valence-electron chi connectivity index (χ1n) is 6.88. The summed E-state index contributed by atoms with van der Waals surface area (Å²) in [5.41, 5.74) is 1.06. The van der Waals surface area contributed by atoms with Crippen molar-refractivity contribution in [3.05, 3.63) is 11.4 Å². The fourth-order valence-corrected chi connectivity index (χ4v) is 5.58. The third kappa shape index (κ3) is 3.36. The Morgan fingerprint density at radius 1 is 1.29 bits per heavy atom. The minimum Gasteiger partial charge on any atom is -0.396 e. The molecule has 1 aromatic rings. The van der Waals surface area contributed by atoms with Crippen LogP contribution >= 0.6 is 0 Å². The Morgan fingerprint density at radius 2 is 1.90 bits per heavy atom. The molecule has 1 aliphatic rings. The van der Waals surface area contributed by atoms with Crippen LogP contribution in [-0.2, 0) is 27.4 Å². The van der Waals surface area contributed by atoms with Gasteiger partial charge in [-0.3, -0.25) is 8.89 Å². The smallest absolute Gasteiger partial charge is 0.246 e. The largest absolute Gasteiger partial charge is 0.396 e. The summed E-state index contributed by atoms with van der Waals surface area (Å²) in [4.78, 5) is 0.244. The van der Waals surface area contributed by atoms with Gasteiger partial charge < -0.3 is 5.11 Å². The van der Waals surface area contributed by atoms with Crippen molar-refractivity contribution in [2.45, 2.75) is 31.7 Å². The minimum atomic E-state index is -3.60. The van der Waals surface area contributed by atoms with Crippen molar-refractivity contribution in [1.82, 2.24) is 14.1 Å². The molecule has 0 atom stereocenters. The molecule has 120 valence electrons. The Balaban J connectivity index is 2.31. The number of hydrogen-bond donors (Lipinski definition) is 1. The van der Waals surface area contributed by atoms with E-state index in [0.29, 0.717) is 35.9 Å². The second-order valence-electron chi connectivity index (χ2n) is 5.05. The zero-order valence-corrected chi connectivity index (χ0v) is 13.9. The molecule has 1 aromatic heterocycles. The van der Waals surface area contributed by atoms with E-state index in [0.717, 1.165) is 0 Å². The minimum absolute atomic E-state index is 0.0400. The molecule has 1 N–H and O–H groups in total. The second kappa shape index (κ2) is 6.55. The molecule has 1 fully saturated rings. The van der Waals surface area contributed by atoms with E-state index in [2.05, 4.69) is 5.10 Å². The molecule has 0 amide bonds. The maximum Gasteiger partial charge on any atom is 0.246 e. The lowest BCUT2D eigenvalue weighted by molar-refractivity contribution is 0.276. The zero-order valence-electron chi connectivity index (χ0n) is 12.3. The van der Waals surface area contributed by atoms with E-state index in [1.54, 1.807) is 18.5 Å².